The number of hydrogen-bond acceptors (Lipinski definition) is 1. The third-order valence-electron chi connectivity index (χ3n) is 2.11. The van der Waals surface area contributed by atoms with Crippen LogP contribution < -0.4 is 5.56 Å². The van der Waals surface area contributed by atoms with E-state index in [1.54, 1.807) is 0 Å². The van der Waals surface area contributed by atoms with Crippen molar-refractivity contribution in [3.05, 3.63) is 34.2 Å². The number of hydrogen-bond donors (Lipinski definition) is 0. The van der Waals surface area contributed by atoms with Crippen LogP contribution in [-0.2, 0) is 0 Å². The topological polar surface area (TPSA) is 22.0 Å². The van der Waals surface area contributed by atoms with Gasteiger partial charge in [0.25, 0.3) is 5.56 Å². The highest BCUT2D eigenvalue weighted by molar-refractivity contribution is 5.09. The molecule has 0 saturated heterocycles. The van der Waals surface area contributed by atoms with Crippen molar-refractivity contribution >= 4 is 0 Å². The molecule has 0 aliphatic heterocycles. The summed E-state index contributed by atoms with van der Waals surface area (Å²) in [6.07, 6.45) is 4.22. The summed E-state index contributed by atoms with van der Waals surface area (Å²) >= 11 is 0. The van der Waals surface area contributed by atoms with E-state index < -0.39 is 0 Å². The van der Waals surface area contributed by atoms with Gasteiger partial charge in [0.2, 0.25) is 0 Å². The Balaban J connectivity index is 2.54. The monoisotopic (exact) mass is 149 g/mol. The summed E-state index contributed by atoms with van der Waals surface area (Å²) in [6.45, 7) is 1.86. The summed E-state index contributed by atoms with van der Waals surface area (Å²) in [5, 5.41) is 0. The van der Waals surface area contributed by atoms with Gasteiger partial charge in [0.05, 0.1) is 0 Å². The molecule has 58 valence electrons. The summed E-state index contributed by atoms with van der Waals surface area (Å²) in [6, 6.07) is 4.30. The molecule has 1 fully saturated rings. The molecule has 1 aromatic rings. The highest BCUT2D eigenvalue weighted by atomic mass is 16.1. The van der Waals surface area contributed by atoms with E-state index in [1.165, 1.54) is 12.8 Å². The van der Waals surface area contributed by atoms with Crippen molar-refractivity contribution in [1.82, 2.24) is 4.57 Å². The van der Waals surface area contributed by atoms with Crippen LogP contribution in [0.3, 0.4) is 0 Å². The van der Waals surface area contributed by atoms with Gasteiger partial charge in [-0.15, -0.1) is 0 Å². The van der Waals surface area contributed by atoms with Crippen LogP contribution >= 0.6 is 0 Å². The number of rotatable bonds is 1. The van der Waals surface area contributed by atoms with Crippen LogP contribution in [0.15, 0.2) is 23.1 Å². The van der Waals surface area contributed by atoms with Gasteiger partial charge in [-0.3, -0.25) is 4.79 Å². The molecule has 1 aromatic heterocycles. The zero-order valence-corrected chi connectivity index (χ0v) is 6.58. The lowest BCUT2D eigenvalue weighted by atomic mass is 10.3. The zero-order chi connectivity index (χ0) is 7.84. The molecule has 0 unspecified atom stereocenters. The number of aryl methyl sites for hydroxylation is 1. The van der Waals surface area contributed by atoms with Gasteiger partial charge in [0, 0.05) is 17.8 Å². The lowest BCUT2D eigenvalue weighted by Gasteiger charge is -2.02. The molecule has 1 heterocycles. The van der Waals surface area contributed by atoms with E-state index >= 15 is 0 Å². The Labute approximate surface area is 65.5 Å². The molecule has 0 radical (unpaired) electrons. The van der Waals surface area contributed by atoms with Gasteiger partial charge in [-0.2, -0.15) is 0 Å². The Morgan fingerprint density at radius 2 is 2.27 bits per heavy atom. The predicted molar refractivity (Wildman–Crippen MR) is 43.7 cm³/mol. The second kappa shape index (κ2) is 2.22. The fourth-order valence-corrected chi connectivity index (χ4v) is 1.26. The number of aromatic nitrogens is 1. The highest BCUT2D eigenvalue weighted by Gasteiger charge is 2.23. The number of pyridine rings is 1. The van der Waals surface area contributed by atoms with Gasteiger partial charge in [-0.25, -0.2) is 0 Å². The minimum Gasteiger partial charge on any atom is -0.312 e. The van der Waals surface area contributed by atoms with Gasteiger partial charge < -0.3 is 4.57 Å². The summed E-state index contributed by atoms with van der Waals surface area (Å²) in [7, 11) is 0. The molecule has 2 rings (SSSR count). The van der Waals surface area contributed by atoms with E-state index in [4.69, 9.17) is 0 Å². The first-order valence-corrected chi connectivity index (χ1v) is 3.97. The first kappa shape index (κ1) is 6.65. The standard InChI is InChI=1S/C9H11NO/c1-7-3-2-6-10(9(7)11)8-4-5-8/h2-3,6,8H,4-5H2,1H3. The maximum atomic E-state index is 11.4. The van der Waals surface area contributed by atoms with Crippen LogP contribution in [0.2, 0.25) is 0 Å². The highest BCUT2D eigenvalue weighted by Crippen LogP contribution is 2.33. The molecule has 0 spiro atoms. The van der Waals surface area contributed by atoms with Crippen molar-refractivity contribution in [3.63, 3.8) is 0 Å². The maximum absolute atomic E-state index is 11.4. The van der Waals surface area contributed by atoms with Gasteiger partial charge in [0.15, 0.2) is 0 Å². The van der Waals surface area contributed by atoms with Crippen LogP contribution in [0.4, 0.5) is 0 Å². The predicted octanol–water partition coefficient (Wildman–Crippen LogP) is 1.49. The molecule has 0 atom stereocenters. The van der Waals surface area contributed by atoms with E-state index in [-0.39, 0.29) is 5.56 Å². The van der Waals surface area contributed by atoms with Gasteiger partial charge in [-0.1, -0.05) is 6.07 Å². The third-order valence-corrected chi connectivity index (χ3v) is 2.11. The van der Waals surface area contributed by atoms with Crippen molar-refractivity contribution < 1.29 is 0 Å². The average molecular weight is 149 g/mol. The molecule has 0 N–H and O–H groups in total. The van der Waals surface area contributed by atoms with Crippen molar-refractivity contribution in [3.8, 4) is 0 Å². The summed E-state index contributed by atoms with van der Waals surface area (Å²) in [5.41, 5.74) is 1.02. The third kappa shape index (κ3) is 1.09. The summed E-state index contributed by atoms with van der Waals surface area (Å²) in [4.78, 5) is 11.4. The Hall–Kier alpha value is -1.05. The molecule has 1 saturated carbocycles. The molecule has 2 heteroatoms. The first-order valence-electron chi connectivity index (χ1n) is 3.97. The Morgan fingerprint density at radius 3 is 2.91 bits per heavy atom. The van der Waals surface area contributed by atoms with E-state index in [0.717, 1.165) is 5.56 Å². The van der Waals surface area contributed by atoms with E-state index in [9.17, 15) is 4.79 Å². The van der Waals surface area contributed by atoms with Crippen molar-refractivity contribution in [2.45, 2.75) is 25.8 Å². The molecule has 1 aliphatic rings. The lowest BCUT2D eigenvalue weighted by molar-refractivity contribution is 0.702. The van der Waals surface area contributed by atoms with Crippen molar-refractivity contribution in [2.24, 2.45) is 0 Å². The van der Waals surface area contributed by atoms with Crippen LogP contribution in [0, 0.1) is 6.92 Å². The van der Waals surface area contributed by atoms with Gasteiger partial charge in [0.1, 0.15) is 0 Å². The fourth-order valence-electron chi connectivity index (χ4n) is 1.26. The number of nitrogens with zero attached hydrogens (tertiary/aromatic N) is 1. The molecule has 2 nitrogen and oxygen atoms in total. The van der Waals surface area contributed by atoms with Gasteiger partial charge in [-0.05, 0) is 25.8 Å². The second-order valence-corrected chi connectivity index (χ2v) is 3.13. The summed E-state index contributed by atoms with van der Waals surface area (Å²) in [5.74, 6) is 0. The fraction of sp³-hybridized carbons (Fsp3) is 0.444. The van der Waals surface area contributed by atoms with Crippen LogP contribution in [0.5, 0.6) is 0 Å². The second-order valence-electron chi connectivity index (χ2n) is 3.13. The van der Waals surface area contributed by atoms with E-state index in [2.05, 4.69) is 0 Å². The van der Waals surface area contributed by atoms with Crippen molar-refractivity contribution in [2.75, 3.05) is 0 Å². The normalized spacial score (nSPS) is 16.8. The maximum Gasteiger partial charge on any atom is 0.253 e. The minimum absolute atomic E-state index is 0.176. The van der Waals surface area contributed by atoms with Crippen LogP contribution in [0.1, 0.15) is 24.4 Å². The van der Waals surface area contributed by atoms with Gasteiger partial charge >= 0.3 is 0 Å². The molecule has 1 aliphatic carbocycles. The quantitative estimate of drug-likeness (QED) is 0.593. The van der Waals surface area contributed by atoms with Crippen LogP contribution in [-0.4, -0.2) is 4.57 Å². The molecular weight excluding hydrogens is 138 g/mol. The first-order chi connectivity index (χ1) is 5.29. The van der Waals surface area contributed by atoms with E-state index in [0.29, 0.717) is 6.04 Å². The smallest absolute Gasteiger partial charge is 0.253 e. The van der Waals surface area contributed by atoms with Crippen LogP contribution in [0.25, 0.3) is 0 Å². The molecular formula is C9H11NO. The zero-order valence-electron chi connectivity index (χ0n) is 6.58. The minimum atomic E-state index is 0.176. The average Bonchev–Trinajstić information content (AvgIpc) is 2.77. The molecule has 11 heavy (non-hydrogen) atoms. The Morgan fingerprint density at radius 1 is 1.55 bits per heavy atom. The Bertz CT molecular complexity index is 323. The molecule has 0 bridgehead atoms. The molecule has 0 amide bonds. The summed E-state index contributed by atoms with van der Waals surface area (Å²) < 4.78 is 1.84. The Kier molecular flexibility index (Phi) is 1.34. The van der Waals surface area contributed by atoms with E-state index in [1.807, 2.05) is 29.8 Å². The lowest BCUT2D eigenvalue weighted by Crippen LogP contribution is -2.19. The molecule has 0 aromatic carbocycles. The SMILES string of the molecule is Cc1cccn(C2CC2)c1=O. The van der Waals surface area contributed by atoms with Crippen molar-refractivity contribution in [1.29, 1.82) is 0 Å². The largest absolute Gasteiger partial charge is 0.312 e.